The lowest BCUT2D eigenvalue weighted by molar-refractivity contribution is -0.151. The quantitative estimate of drug-likeness (QED) is 0.504. The van der Waals surface area contributed by atoms with E-state index in [1.807, 2.05) is 63.2 Å². The Kier molecular flexibility index (Phi) is 6.31. The van der Waals surface area contributed by atoms with Crippen molar-refractivity contribution in [3.63, 3.8) is 0 Å². The summed E-state index contributed by atoms with van der Waals surface area (Å²) in [5.41, 5.74) is 3.94. The normalized spacial score (nSPS) is 21.9. The van der Waals surface area contributed by atoms with E-state index < -0.39 is 17.9 Å². The number of allylic oxidation sites excluding steroid dienone is 1. The number of para-hydroxylation sites is 2. The van der Waals surface area contributed by atoms with Crippen LogP contribution in [0, 0.1) is 11.8 Å². The fourth-order valence-electron chi connectivity index (χ4n) is 4.60. The zero-order valence-electron chi connectivity index (χ0n) is 19.6. The fourth-order valence-corrected chi connectivity index (χ4v) is 4.60. The van der Waals surface area contributed by atoms with Crippen LogP contribution in [0.2, 0.25) is 0 Å². The van der Waals surface area contributed by atoms with Gasteiger partial charge in [-0.05, 0) is 56.0 Å². The lowest BCUT2D eigenvalue weighted by atomic mass is 9.75. The van der Waals surface area contributed by atoms with Crippen LogP contribution in [0.5, 0.6) is 11.5 Å². The topological polar surface area (TPSA) is 85.9 Å². The van der Waals surface area contributed by atoms with E-state index in [4.69, 9.17) is 14.2 Å². The first-order chi connectivity index (χ1) is 15.8. The van der Waals surface area contributed by atoms with Gasteiger partial charge in [0.2, 0.25) is 0 Å². The van der Waals surface area contributed by atoms with Crippen LogP contribution in [0.25, 0.3) is 0 Å². The van der Waals surface area contributed by atoms with Gasteiger partial charge in [0.15, 0.2) is 17.3 Å². The molecule has 1 heterocycles. The Morgan fingerprint density at radius 1 is 1.06 bits per heavy atom. The molecule has 1 aliphatic heterocycles. The van der Waals surface area contributed by atoms with Crippen molar-refractivity contribution in [3.8, 4) is 11.5 Å². The number of esters is 1. The largest absolute Gasteiger partial charge is 0.493 e. The predicted molar refractivity (Wildman–Crippen MR) is 127 cm³/mol. The molecule has 0 saturated heterocycles. The lowest BCUT2D eigenvalue weighted by Gasteiger charge is -2.32. The number of Topliss-reactive ketones (excluding diaryl/α,β-unsaturated/α-hetero) is 1. The molecule has 4 rings (SSSR count). The molecular weight excluding hydrogens is 420 g/mol. The number of carbonyl (C=O) groups excluding carboxylic acids is 2. The van der Waals surface area contributed by atoms with Gasteiger partial charge in [0.25, 0.3) is 0 Å². The molecule has 1 aliphatic carbocycles. The third kappa shape index (κ3) is 4.27. The number of fused-ring (bicyclic) bond motifs is 1. The highest BCUT2D eigenvalue weighted by atomic mass is 16.5. The van der Waals surface area contributed by atoms with Crippen LogP contribution in [-0.2, 0) is 14.3 Å². The van der Waals surface area contributed by atoms with E-state index in [9.17, 15) is 9.59 Å². The zero-order valence-corrected chi connectivity index (χ0v) is 19.6. The molecule has 0 spiro atoms. The van der Waals surface area contributed by atoms with E-state index >= 15 is 0 Å². The van der Waals surface area contributed by atoms with Gasteiger partial charge in [0.05, 0.1) is 37.7 Å². The minimum Gasteiger partial charge on any atom is -0.493 e. The Balaban J connectivity index is 1.85. The molecule has 3 unspecified atom stereocenters. The average molecular weight is 451 g/mol. The van der Waals surface area contributed by atoms with Crippen LogP contribution >= 0.6 is 0 Å². The van der Waals surface area contributed by atoms with E-state index in [0.29, 0.717) is 23.5 Å². The molecule has 7 nitrogen and oxygen atoms in total. The molecule has 0 bridgehead atoms. The maximum atomic E-state index is 13.7. The molecular formula is C26H30N2O5. The Bertz CT molecular complexity index is 1110. The summed E-state index contributed by atoms with van der Waals surface area (Å²) in [5.74, 6) is -0.539. The van der Waals surface area contributed by atoms with Gasteiger partial charge in [-0.15, -0.1) is 0 Å². The monoisotopic (exact) mass is 450 g/mol. The maximum absolute atomic E-state index is 13.7. The van der Waals surface area contributed by atoms with Gasteiger partial charge in [-0.2, -0.15) is 0 Å². The van der Waals surface area contributed by atoms with E-state index in [2.05, 4.69) is 10.6 Å². The van der Waals surface area contributed by atoms with Crippen LogP contribution in [0.4, 0.5) is 11.4 Å². The SMILES string of the molecule is COC(=O)C1C(=O)C2=C(CC1C)Nc1ccccc1NC2c1ccc(OC(C)C)c(OC)c1. The second kappa shape index (κ2) is 9.17. The van der Waals surface area contributed by atoms with Gasteiger partial charge in [-0.25, -0.2) is 0 Å². The third-order valence-corrected chi connectivity index (χ3v) is 6.11. The predicted octanol–water partition coefficient (Wildman–Crippen LogP) is 4.71. The van der Waals surface area contributed by atoms with Crippen molar-refractivity contribution in [3.05, 3.63) is 59.3 Å². The highest BCUT2D eigenvalue weighted by Crippen LogP contribution is 2.45. The van der Waals surface area contributed by atoms with Crippen LogP contribution in [0.15, 0.2) is 53.7 Å². The molecule has 2 aromatic carbocycles. The number of carbonyl (C=O) groups is 2. The molecule has 0 radical (unpaired) electrons. The highest BCUT2D eigenvalue weighted by molar-refractivity contribution is 6.11. The smallest absolute Gasteiger partial charge is 0.316 e. The molecule has 33 heavy (non-hydrogen) atoms. The van der Waals surface area contributed by atoms with Crippen LogP contribution in [0.1, 0.15) is 38.8 Å². The number of methoxy groups -OCH3 is 2. The number of hydrogen-bond donors (Lipinski definition) is 2. The van der Waals surface area contributed by atoms with Gasteiger partial charge in [-0.3, -0.25) is 9.59 Å². The Labute approximate surface area is 194 Å². The summed E-state index contributed by atoms with van der Waals surface area (Å²) < 4.78 is 16.4. The summed E-state index contributed by atoms with van der Waals surface area (Å²) >= 11 is 0. The average Bonchev–Trinajstić information content (AvgIpc) is 2.95. The number of rotatable bonds is 5. The Morgan fingerprint density at radius 2 is 1.79 bits per heavy atom. The van der Waals surface area contributed by atoms with Gasteiger partial charge >= 0.3 is 5.97 Å². The maximum Gasteiger partial charge on any atom is 0.316 e. The molecule has 174 valence electrons. The van der Waals surface area contributed by atoms with Crippen molar-refractivity contribution in [2.75, 3.05) is 24.9 Å². The lowest BCUT2D eigenvalue weighted by Crippen LogP contribution is -2.39. The van der Waals surface area contributed by atoms with Gasteiger partial charge in [-0.1, -0.05) is 25.1 Å². The highest BCUT2D eigenvalue weighted by Gasteiger charge is 2.44. The standard InChI is InChI=1S/C26H30N2O5/c1-14(2)33-20-11-10-16(13-21(20)31-4)24-23-19(27-17-8-6-7-9-18(17)28-24)12-15(3)22(25(23)29)26(30)32-5/h6-11,13-15,22,24,27-28H,12H2,1-5H3. The molecule has 2 aliphatic rings. The van der Waals surface area contributed by atoms with Gasteiger partial charge in [0, 0.05) is 11.3 Å². The number of benzene rings is 2. The number of ether oxygens (including phenoxy) is 3. The molecule has 7 heteroatoms. The van der Waals surface area contributed by atoms with Crippen LogP contribution in [0.3, 0.4) is 0 Å². The molecule has 3 atom stereocenters. The zero-order chi connectivity index (χ0) is 23.7. The van der Waals surface area contributed by atoms with Crippen molar-refractivity contribution < 1.29 is 23.8 Å². The summed E-state index contributed by atoms with van der Waals surface area (Å²) in [7, 11) is 2.91. The van der Waals surface area contributed by atoms with Crippen molar-refractivity contribution in [2.24, 2.45) is 11.8 Å². The second-order valence-electron chi connectivity index (χ2n) is 8.76. The number of hydrogen-bond acceptors (Lipinski definition) is 7. The summed E-state index contributed by atoms with van der Waals surface area (Å²) in [6, 6.07) is 13.0. The third-order valence-electron chi connectivity index (χ3n) is 6.11. The minimum atomic E-state index is -0.841. The molecule has 2 aromatic rings. The fraction of sp³-hybridized carbons (Fsp3) is 0.385. The Hall–Kier alpha value is -3.48. The van der Waals surface area contributed by atoms with Crippen molar-refractivity contribution >= 4 is 23.1 Å². The van der Waals surface area contributed by atoms with Gasteiger partial charge in [0.1, 0.15) is 5.92 Å². The number of nitrogens with one attached hydrogen (secondary N) is 2. The molecule has 0 aromatic heterocycles. The number of ketones is 1. The summed E-state index contributed by atoms with van der Waals surface area (Å²) in [5, 5.41) is 6.97. The number of anilines is 2. The molecule has 0 fully saturated rings. The molecule has 0 amide bonds. The first kappa shape index (κ1) is 22.7. The van der Waals surface area contributed by atoms with Gasteiger partial charge < -0.3 is 24.8 Å². The first-order valence-corrected chi connectivity index (χ1v) is 11.2. The summed E-state index contributed by atoms with van der Waals surface area (Å²) in [6.45, 7) is 5.81. The van der Waals surface area contributed by atoms with E-state index in [0.717, 1.165) is 22.6 Å². The van der Waals surface area contributed by atoms with Crippen molar-refractivity contribution in [2.45, 2.75) is 39.3 Å². The van der Waals surface area contributed by atoms with Crippen LogP contribution < -0.4 is 20.1 Å². The second-order valence-corrected chi connectivity index (χ2v) is 8.76. The molecule has 2 N–H and O–H groups in total. The van der Waals surface area contributed by atoms with E-state index in [1.54, 1.807) is 7.11 Å². The van der Waals surface area contributed by atoms with E-state index in [1.165, 1.54) is 7.11 Å². The van der Waals surface area contributed by atoms with Crippen LogP contribution in [-0.4, -0.2) is 32.1 Å². The van der Waals surface area contributed by atoms with Crippen molar-refractivity contribution in [1.82, 2.24) is 0 Å². The minimum absolute atomic E-state index is 0.00614. The Morgan fingerprint density at radius 3 is 2.45 bits per heavy atom. The molecule has 0 saturated carbocycles. The first-order valence-electron chi connectivity index (χ1n) is 11.2. The van der Waals surface area contributed by atoms with Crippen molar-refractivity contribution in [1.29, 1.82) is 0 Å². The summed E-state index contributed by atoms with van der Waals surface area (Å²) in [4.78, 5) is 26.2. The van der Waals surface area contributed by atoms with E-state index in [-0.39, 0.29) is 17.8 Å². The summed E-state index contributed by atoms with van der Waals surface area (Å²) in [6.07, 6.45) is 0.548.